The Morgan fingerprint density at radius 2 is 2.27 bits per heavy atom. The normalized spacial score (nSPS) is 11.5. The highest BCUT2D eigenvalue weighted by molar-refractivity contribution is 5.77. The van der Waals surface area contributed by atoms with E-state index in [1.54, 1.807) is 26.1 Å². The van der Waals surface area contributed by atoms with E-state index in [2.05, 4.69) is 11.1 Å². The minimum atomic E-state index is -0.661. The van der Waals surface area contributed by atoms with Gasteiger partial charge in [0.1, 0.15) is 5.52 Å². The van der Waals surface area contributed by atoms with Crippen molar-refractivity contribution in [2.24, 2.45) is 0 Å². The van der Waals surface area contributed by atoms with E-state index in [9.17, 15) is 5.21 Å². The molecular weight excluding hydrogens is 190 g/mol. The summed E-state index contributed by atoms with van der Waals surface area (Å²) in [6, 6.07) is 5.69. The molecule has 15 heavy (non-hydrogen) atoms. The Hall–Kier alpha value is -2.02. The van der Waals surface area contributed by atoms with Crippen LogP contribution in [0.3, 0.4) is 0 Å². The summed E-state index contributed by atoms with van der Waals surface area (Å²) >= 11 is 0. The second-order valence-corrected chi connectivity index (χ2v) is 4.04. The van der Waals surface area contributed by atoms with Crippen LogP contribution in [0.25, 0.3) is 11.0 Å². The van der Waals surface area contributed by atoms with Gasteiger partial charge in [-0.05, 0) is 19.9 Å². The van der Waals surface area contributed by atoms with Crippen molar-refractivity contribution in [3.05, 3.63) is 35.3 Å². The number of nitrogens with one attached hydrogen (secondary N) is 1. The van der Waals surface area contributed by atoms with Gasteiger partial charge >= 0.3 is 0 Å². The summed E-state index contributed by atoms with van der Waals surface area (Å²) in [5.41, 5.74) is 1.37. The lowest BCUT2D eigenvalue weighted by atomic mass is 9.87. The van der Waals surface area contributed by atoms with E-state index < -0.39 is 5.41 Å². The van der Waals surface area contributed by atoms with Crippen LogP contribution in [0.2, 0.25) is 0 Å². The summed E-state index contributed by atoms with van der Waals surface area (Å²) in [5, 5.41) is 20.7. The van der Waals surface area contributed by atoms with Crippen LogP contribution < -0.4 is 4.73 Å². The van der Waals surface area contributed by atoms with Crippen molar-refractivity contribution in [2.75, 3.05) is 0 Å². The highest BCUT2D eigenvalue weighted by atomic mass is 16.5. The maximum atomic E-state index is 11.6. The topological polar surface area (TPSA) is 66.5 Å². The first kappa shape index (κ1) is 9.53. The molecule has 0 atom stereocenters. The maximum absolute atomic E-state index is 11.6. The number of fused-ring (bicyclic) bond motifs is 1. The Morgan fingerprint density at radius 1 is 1.53 bits per heavy atom. The van der Waals surface area contributed by atoms with Crippen LogP contribution in [0.1, 0.15) is 19.4 Å². The second-order valence-electron chi connectivity index (χ2n) is 4.04. The zero-order chi connectivity index (χ0) is 11.1. The Morgan fingerprint density at radius 3 is 2.93 bits per heavy atom. The van der Waals surface area contributed by atoms with Gasteiger partial charge in [-0.15, -0.1) is 0 Å². The monoisotopic (exact) mass is 201 g/mol. The standard InChI is InChI=1S/C11H11N3O/c1-11(2,7-12)8-6-13-9-4-3-5-14(15)10(8)9/h3-6,13H,1-2H3. The van der Waals surface area contributed by atoms with Crippen molar-refractivity contribution in [3.8, 4) is 6.07 Å². The zero-order valence-corrected chi connectivity index (χ0v) is 8.61. The quantitative estimate of drug-likeness (QED) is 0.562. The molecule has 2 aromatic rings. The molecule has 0 spiro atoms. The molecule has 0 saturated heterocycles. The number of H-pyrrole nitrogens is 1. The third-order valence-corrected chi connectivity index (χ3v) is 2.54. The van der Waals surface area contributed by atoms with Gasteiger partial charge in [0.2, 0.25) is 5.52 Å². The molecule has 0 bridgehead atoms. The second kappa shape index (κ2) is 2.99. The lowest BCUT2D eigenvalue weighted by Crippen LogP contribution is -2.28. The highest BCUT2D eigenvalue weighted by Gasteiger charge is 2.27. The van der Waals surface area contributed by atoms with Gasteiger partial charge in [-0.1, -0.05) is 0 Å². The predicted molar refractivity (Wildman–Crippen MR) is 55.9 cm³/mol. The molecule has 2 rings (SSSR count). The molecule has 2 aromatic heterocycles. The van der Waals surface area contributed by atoms with E-state index in [1.165, 1.54) is 6.20 Å². The first-order valence-electron chi connectivity index (χ1n) is 4.67. The molecule has 0 unspecified atom stereocenters. The van der Waals surface area contributed by atoms with Gasteiger partial charge < -0.3 is 10.2 Å². The predicted octanol–water partition coefficient (Wildman–Crippen LogP) is 1.60. The fraction of sp³-hybridized carbons (Fsp3) is 0.273. The van der Waals surface area contributed by atoms with Gasteiger partial charge in [-0.25, -0.2) is 0 Å². The first-order valence-corrected chi connectivity index (χ1v) is 4.67. The minimum Gasteiger partial charge on any atom is -0.618 e. The summed E-state index contributed by atoms with van der Waals surface area (Å²) in [4.78, 5) is 3.00. The molecule has 4 heteroatoms. The van der Waals surface area contributed by atoms with Gasteiger partial charge in [0.05, 0.1) is 17.0 Å². The molecule has 0 aliphatic rings. The molecule has 0 aromatic carbocycles. The Balaban J connectivity index is 2.80. The molecule has 0 aliphatic heterocycles. The number of hydrogen-bond donors (Lipinski definition) is 1. The summed E-state index contributed by atoms with van der Waals surface area (Å²) in [5.74, 6) is 0. The van der Waals surface area contributed by atoms with Gasteiger partial charge in [0.15, 0.2) is 6.20 Å². The lowest BCUT2D eigenvalue weighted by molar-refractivity contribution is -0.577. The number of nitriles is 1. The van der Waals surface area contributed by atoms with Crippen LogP contribution in [-0.4, -0.2) is 4.98 Å². The number of aromatic nitrogens is 2. The van der Waals surface area contributed by atoms with Gasteiger partial charge in [-0.2, -0.15) is 9.99 Å². The van der Waals surface area contributed by atoms with E-state index in [4.69, 9.17) is 5.26 Å². The third kappa shape index (κ3) is 1.33. The van der Waals surface area contributed by atoms with Crippen molar-refractivity contribution in [1.29, 1.82) is 5.26 Å². The maximum Gasteiger partial charge on any atom is 0.246 e. The van der Waals surface area contributed by atoms with Crippen LogP contribution in [0.15, 0.2) is 24.5 Å². The van der Waals surface area contributed by atoms with E-state index in [-0.39, 0.29) is 0 Å². The average molecular weight is 201 g/mol. The average Bonchev–Trinajstić information content (AvgIpc) is 2.63. The van der Waals surface area contributed by atoms with Crippen molar-refractivity contribution >= 4 is 11.0 Å². The molecule has 1 N–H and O–H groups in total. The molecule has 76 valence electrons. The summed E-state index contributed by atoms with van der Waals surface area (Å²) in [6.07, 6.45) is 3.16. The minimum absolute atomic E-state index is 0.545. The summed E-state index contributed by atoms with van der Waals surface area (Å²) < 4.78 is 0.792. The van der Waals surface area contributed by atoms with Crippen molar-refractivity contribution < 1.29 is 4.73 Å². The number of pyridine rings is 1. The Labute approximate surface area is 87.4 Å². The fourth-order valence-electron chi connectivity index (χ4n) is 1.62. The van der Waals surface area contributed by atoms with Crippen LogP contribution in [0.4, 0.5) is 0 Å². The summed E-state index contributed by atoms with van der Waals surface area (Å²) in [7, 11) is 0. The molecule has 0 fully saturated rings. The number of hydrogen-bond acceptors (Lipinski definition) is 2. The largest absolute Gasteiger partial charge is 0.618 e. The van der Waals surface area contributed by atoms with Crippen LogP contribution in [-0.2, 0) is 5.41 Å². The highest BCUT2D eigenvalue weighted by Crippen LogP contribution is 2.27. The number of nitrogens with zero attached hydrogens (tertiary/aromatic N) is 2. The van der Waals surface area contributed by atoms with Crippen LogP contribution in [0.5, 0.6) is 0 Å². The molecular formula is C11H11N3O. The SMILES string of the molecule is CC(C)(C#N)c1c[nH]c2ccc[n+]([O-])c12. The van der Waals surface area contributed by atoms with Gasteiger partial charge in [0, 0.05) is 12.3 Å². The van der Waals surface area contributed by atoms with Gasteiger partial charge in [-0.3, -0.25) is 0 Å². The molecule has 0 amide bonds. The van der Waals surface area contributed by atoms with E-state index >= 15 is 0 Å². The van der Waals surface area contributed by atoms with E-state index in [1.807, 2.05) is 6.07 Å². The van der Waals surface area contributed by atoms with Crippen molar-refractivity contribution in [1.82, 2.24) is 4.98 Å². The fourth-order valence-corrected chi connectivity index (χ4v) is 1.62. The Bertz CT molecular complexity index is 548. The van der Waals surface area contributed by atoms with Gasteiger partial charge in [0.25, 0.3) is 0 Å². The molecule has 4 nitrogen and oxygen atoms in total. The van der Waals surface area contributed by atoms with Crippen LogP contribution in [0, 0.1) is 16.5 Å². The van der Waals surface area contributed by atoms with Crippen molar-refractivity contribution in [2.45, 2.75) is 19.3 Å². The number of rotatable bonds is 1. The summed E-state index contributed by atoms with van der Waals surface area (Å²) in [6.45, 7) is 3.59. The van der Waals surface area contributed by atoms with Crippen molar-refractivity contribution in [3.63, 3.8) is 0 Å². The molecule has 0 aliphatic carbocycles. The van der Waals surface area contributed by atoms with E-state index in [0.29, 0.717) is 5.52 Å². The first-order chi connectivity index (χ1) is 7.06. The number of aromatic amines is 1. The lowest BCUT2D eigenvalue weighted by Gasteiger charge is -2.12. The molecule has 0 saturated carbocycles. The van der Waals surface area contributed by atoms with E-state index in [0.717, 1.165) is 15.8 Å². The van der Waals surface area contributed by atoms with Crippen LogP contribution >= 0.6 is 0 Å². The molecule has 2 heterocycles. The molecule has 0 radical (unpaired) electrons. The Kier molecular flexibility index (Phi) is 1.90. The zero-order valence-electron chi connectivity index (χ0n) is 8.61. The smallest absolute Gasteiger partial charge is 0.246 e. The third-order valence-electron chi connectivity index (χ3n) is 2.54.